The first-order chi connectivity index (χ1) is 5.73. The number of aliphatic imine (C=N–C) groups is 1. The van der Waals surface area contributed by atoms with Crippen LogP contribution in [0.1, 0.15) is 34.6 Å². The van der Waals surface area contributed by atoms with E-state index >= 15 is 0 Å². The first-order valence-corrected chi connectivity index (χ1v) is 4.55. The number of rotatable bonds is 3. The van der Waals surface area contributed by atoms with Gasteiger partial charge in [-0.2, -0.15) is 0 Å². The summed E-state index contributed by atoms with van der Waals surface area (Å²) in [5, 5.41) is 12.5. The number of hydrogen-bond donors (Lipinski definition) is 3. The van der Waals surface area contributed by atoms with E-state index in [2.05, 4.69) is 10.3 Å². The first kappa shape index (κ1) is 12.2. The van der Waals surface area contributed by atoms with Gasteiger partial charge in [0.2, 0.25) is 0 Å². The Balaban J connectivity index is 4.22. The lowest BCUT2D eigenvalue weighted by atomic mass is 10.0. The Morgan fingerprint density at radius 2 is 1.85 bits per heavy atom. The van der Waals surface area contributed by atoms with Crippen molar-refractivity contribution in [2.75, 3.05) is 0 Å². The maximum Gasteiger partial charge on any atom is 0.189 e. The summed E-state index contributed by atoms with van der Waals surface area (Å²) in [7, 11) is 0. The fourth-order valence-corrected chi connectivity index (χ4v) is 0.700. The SMILES string of the molecule is CC(C)NC(N)=NC(C)C(C)(C)O. The minimum atomic E-state index is -0.830. The van der Waals surface area contributed by atoms with Crippen LogP contribution in [0, 0.1) is 0 Å². The number of hydrogen-bond acceptors (Lipinski definition) is 2. The van der Waals surface area contributed by atoms with Crippen molar-refractivity contribution >= 4 is 5.96 Å². The van der Waals surface area contributed by atoms with E-state index < -0.39 is 5.60 Å². The van der Waals surface area contributed by atoms with Crippen LogP contribution in [-0.4, -0.2) is 28.8 Å². The van der Waals surface area contributed by atoms with Crippen LogP contribution in [-0.2, 0) is 0 Å². The first-order valence-electron chi connectivity index (χ1n) is 4.55. The molecule has 0 aliphatic carbocycles. The van der Waals surface area contributed by atoms with Crippen LogP contribution in [0.15, 0.2) is 4.99 Å². The molecule has 0 rings (SSSR count). The molecule has 0 spiro atoms. The highest BCUT2D eigenvalue weighted by molar-refractivity contribution is 5.78. The summed E-state index contributed by atoms with van der Waals surface area (Å²) in [6.07, 6.45) is 0. The lowest BCUT2D eigenvalue weighted by molar-refractivity contribution is 0.0588. The standard InChI is InChI=1S/C9H21N3O/c1-6(2)11-8(10)12-7(3)9(4,5)13/h6-7,13H,1-5H3,(H3,10,11,12). The van der Waals surface area contributed by atoms with Crippen LogP contribution in [0.2, 0.25) is 0 Å². The smallest absolute Gasteiger partial charge is 0.189 e. The van der Waals surface area contributed by atoms with Crippen molar-refractivity contribution in [3.63, 3.8) is 0 Å². The molecule has 0 saturated heterocycles. The van der Waals surface area contributed by atoms with Crippen LogP contribution >= 0.6 is 0 Å². The highest BCUT2D eigenvalue weighted by atomic mass is 16.3. The molecular weight excluding hydrogens is 166 g/mol. The molecule has 0 radical (unpaired) electrons. The van der Waals surface area contributed by atoms with Gasteiger partial charge < -0.3 is 16.2 Å². The van der Waals surface area contributed by atoms with Gasteiger partial charge in [-0.25, -0.2) is 4.99 Å². The normalized spacial score (nSPS) is 16.1. The molecular formula is C9H21N3O. The molecule has 0 aliphatic heterocycles. The Labute approximate surface area is 80.2 Å². The van der Waals surface area contributed by atoms with Crippen molar-refractivity contribution in [2.24, 2.45) is 10.7 Å². The van der Waals surface area contributed by atoms with Crippen LogP contribution in [0.4, 0.5) is 0 Å². The highest BCUT2D eigenvalue weighted by Crippen LogP contribution is 2.10. The summed E-state index contributed by atoms with van der Waals surface area (Å²) in [4.78, 5) is 4.12. The maximum atomic E-state index is 9.58. The largest absolute Gasteiger partial charge is 0.388 e. The number of nitrogens with one attached hydrogen (secondary N) is 1. The fraction of sp³-hybridized carbons (Fsp3) is 0.889. The minimum Gasteiger partial charge on any atom is -0.388 e. The van der Waals surface area contributed by atoms with Crippen molar-refractivity contribution < 1.29 is 5.11 Å². The zero-order valence-corrected chi connectivity index (χ0v) is 9.13. The van der Waals surface area contributed by atoms with Crippen molar-refractivity contribution in [3.05, 3.63) is 0 Å². The van der Waals surface area contributed by atoms with Gasteiger partial charge in [-0.3, -0.25) is 0 Å². The maximum absolute atomic E-state index is 9.58. The number of nitrogens with two attached hydrogens (primary N) is 1. The summed E-state index contributed by atoms with van der Waals surface area (Å²) in [5.41, 5.74) is 4.77. The van der Waals surface area contributed by atoms with Gasteiger partial charge in [-0.05, 0) is 34.6 Å². The Kier molecular flexibility index (Phi) is 4.20. The minimum absolute atomic E-state index is 0.209. The zero-order valence-electron chi connectivity index (χ0n) is 9.13. The zero-order chi connectivity index (χ0) is 10.6. The number of aliphatic hydroxyl groups is 1. The third-order valence-electron chi connectivity index (χ3n) is 1.79. The molecule has 0 aromatic carbocycles. The predicted octanol–water partition coefficient (Wildman–Crippen LogP) is 0.458. The summed E-state index contributed by atoms with van der Waals surface area (Å²) in [5.74, 6) is 0.379. The van der Waals surface area contributed by atoms with E-state index in [-0.39, 0.29) is 12.1 Å². The third kappa shape index (κ3) is 5.47. The Bertz CT molecular complexity index is 182. The Morgan fingerprint density at radius 3 is 2.15 bits per heavy atom. The molecule has 13 heavy (non-hydrogen) atoms. The average Bonchev–Trinajstić information content (AvgIpc) is 1.82. The van der Waals surface area contributed by atoms with Gasteiger partial charge >= 0.3 is 0 Å². The Morgan fingerprint density at radius 1 is 1.38 bits per heavy atom. The van der Waals surface area contributed by atoms with Gasteiger partial charge in [0.1, 0.15) is 0 Å². The lowest BCUT2D eigenvalue weighted by Crippen LogP contribution is -2.41. The van der Waals surface area contributed by atoms with Crippen LogP contribution < -0.4 is 11.1 Å². The molecule has 0 amide bonds. The van der Waals surface area contributed by atoms with Crippen molar-refractivity contribution in [1.29, 1.82) is 0 Å². The van der Waals surface area contributed by atoms with Gasteiger partial charge in [0.25, 0.3) is 0 Å². The van der Waals surface area contributed by atoms with E-state index in [0.29, 0.717) is 5.96 Å². The Hall–Kier alpha value is -0.770. The lowest BCUT2D eigenvalue weighted by Gasteiger charge is -2.23. The summed E-state index contributed by atoms with van der Waals surface area (Å²) >= 11 is 0. The van der Waals surface area contributed by atoms with Crippen molar-refractivity contribution in [3.8, 4) is 0 Å². The van der Waals surface area contributed by atoms with Gasteiger partial charge in [0.05, 0.1) is 11.6 Å². The van der Waals surface area contributed by atoms with E-state index in [4.69, 9.17) is 5.73 Å². The van der Waals surface area contributed by atoms with E-state index in [1.807, 2.05) is 20.8 Å². The van der Waals surface area contributed by atoms with Crippen LogP contribution in [0.3, 0.4) is 0 Å². The van der Waals surface area contributed by atoms with Gasteiger partial charge in [0, 0.05) is 6.04 Å². The van der Waals surface area contributed by atoms with Crippen molar-refractivity contribution in [1.82, 2.24) is 5.32 Å². The molecule has 4 nitrogen and oxygen atoms in total. The van der Waals surface area contributed by atoms with E-state index in [0.717, 1.165) is 0 Å². The molecule has 0 aliphatic rings. The van der Waals surface area contributed by atoms with Gasteiger partial charge in [0.15, 0.2) is 5.96 Å². The molecule has 4 N–H and O–H groups in total. The summed E-state index contributed by atoms with van der Waals surface area (Å²) in [6, 6.07) is 0.0523. The van der Waals surface area contributed by atoms with Gasteiger partial charge in [-0.1, -0.05) is 0 Å². The molecule has 1 atom stereocenters. The number of guanidine groups is 1. The monoisotopic (exact) mass is 187 g/mol. The van der Waals surface area contributed by atoms with Crippen LogP contribution in [0.25, 0.3) is 0 Å². The summed E-state index contributed by atoms with van der Waals surface area (Å²) in [6.45, 7) is 9.22. The molecule has 4 heteroatoms. The molecule has 78 valence electrons. The molecule has 0 heterocycles. The second-order valence-electron chi connectivity index (χ2n) is 4.14. The molecule has 0 aromatic heterocycles. The fourth-order valence-electron chi connectivity index (χ4n) is 0.700. The molecule has 0 aromatic rings. The van der Waals surface area contributed by atoms with Crippen LogP contribution in [0.5, 0.6) is 0 Å². The van der Waals surface area contributed by atoms with E-state index in [1.165, 1.54) is 0 Å². The topological polar surface area (TPSA) is 70.6 Å². The van der Waals surface area contributed by atoms with E-state index in [1.54, 1.807) is 13.8 Å². The molecule has 0 fully saturated rings. The second-order valence-corrected chi connectivity index (χ2v) is 4.14. The third-order valence-corrected chi connectivity index (χ3v) is 1.79. The van der Waals surface area contributed by atoms with Gasteiger partial charge in [-0.15, -0.1) is 0 Å². The van der Waals surface area contributed by atoms with E-state index in [9.17, 15) is 5.11 Å². The molecule has 1 unspecified atom stereocenters. The van der Waals surface area contributed by atoms with Crippen molar-refractivity contribution in [2.45, 2.75) is 52.3 Å². The molecule has 0 saturated carbocycles. The number of nitrogens with zero attached hydrogens (tertiary/aromatic N) is 1. The second kappa shape index (κ2) is 4.46. The average molecular weight is 187 g/mol. The summed E-state index contributed by atoms with van der Waals surface area (Å²) < 4.78 is 0. The quantitative estimate of drug-likeness (QED) is 0.444. The predicted molar refractivity (Wildman–Crippen MR) is 55.7 cm³/mol. The highest BCUT2D eigenvalue weighted by Gasteiger charge is 2.21. The molecule has 0 bridgehead atoms.